The van der Waals surface area contributed by atoms with Crippen LogP contribution in [0.4, 0.5) is 14.9 Å². The van der Waals surface area contributed by atoms with Gasteiger partial charge in [0.25, 0.3) is 0 Å². The molecule has 1 fully saturated rings. The Morgan fingerprint density at radius 2 is 1.82 bits per heavy atom. The third kappa shape index (κ3) is 2.82. The van der Waals surface area contributed by atoms with Gasteiger partial charge in [-0.2, -0.15) is 0 Å². The van der Waals surface area contributed by atoms with Gasteiger partial charge in [0.15, 0.2) is 0 Å². The van der Waals surface area contributed by atoms with Crippen molar-refractivity contribution < 1.29 is 9.18 Å². The van der Waals surface area contributed by atoms with Crippen molar-refractivity contribution in [2.45, 2.75) is 12.8 Å². The summed E-state index contributed by atoms with van der Waals surface area (Å²) in [6.07, 6.45) is 1.97. The van der Waals surface area contributed by atoms with Gasteiger partial charge in [0.2, 0.25) is 0 Å². The van der Waals surface area contributed by atoms with Crippen LogP contribution in [0.3, 0.4) is 0 Å². The highest BCUT2D eigenvalue weighted by molar-refractivity contribution is 6.42. The van der Waals surface area contributed by atoms with Crippen LogP contribution in [-0.2, 0) is 0 Å². The van der Waals surface area contributed by atoms with Crippen molar-refractivity contribution in [3.8, 4) is 0 Å². The number of urea groups is 1. The minimum absolute atomic E-state index is 0.0521. The van der Waals surface area contributed by atoms with Gasteiger partial charge in [-0.25, -0.2) is 9.18 Å². The SMILES string of the molecule is O=C(Nc1cc(Cl)c(Cl)cc1F)N1CCCC1. The lowest BCUT2D eigenvalue weighted by atomic mass is 10.3. The molecule has 0 aromatic heterocycles. The fourth-order valence-corrected chi connectivity index (χ4v) is 2.05. The van der Waals surface area contributed by atoms with Crippen molar-refractivity contribution in [2.24, 2.45) is 0 Å². The second-order valence-electron chi connectivity index (χ2n) is 3.87. The van der Waals surface area contributed by atoms with E-state index in [4.69, 9.17) is 23.2 Å². The Labute approximate surface area is 108 Å². The summed E-state index contributed by atoms with van der Waals surface area (Å²) in [5.74, 6) is -0.591. The molecule has 0 unspecified atom stereocenters. The lowest BCUT2D eigenvalue weighted by Gasteiger charge is -2.16. The monoisotopic (exact) mass is 276 g/mol. The number of anilines is 1. The van der Waals surface area contributed by atoms with Crippen LogP contribution in [-0.4, -0.2) is 24.0 Å². The summed E-state index contributed by atoms with van der Waals surface area (Å²) in [5.41, 5.74) is 0.0521. The summed E-state index contributed by atoms with van der Waals surface area (Å²) in [5, 5.41) is 2.83. The van der Waals surface area contributed by atoms with Gasteiger partial charge in [0.05, 0.1) is 15.7 Å². The first-order chi connectivity index (χ1) is 8.08. The maximum Gasteiger partial charge on any atom is 0.321 e. The maximum atomic E-state index is 13.5. The molecule has 1 saturated heterocycles. The molecule has 1 aliphatic rings. The molecule has 17 heavy (non-hydrogen) atoms. The fourth-order valence-electron chi connectivity index (χ4n) is 1.73. The van der Waals surface area contributed by atoms with Crippen molar-refractivity contribution in [3.05, 3.63) is 28.0 Å². The van der Waals surface area contributed by atoms with Crippen LogP contribution in [0.1, 0.15) is 12.8 Å². The summed E-state index contributed by atoms with van der Waals surface area (Å²) in [6, 6.07) is 2.09. The largest absolute Gasteiger partial charge is 0.325 e. The van der Waals surface area contributed by atoms with E-state index in [1.165, 1.54) is 6.07 Å². The van der Waals surface area contributed by atoms with Gasteiger partial charge >= 0.3 is 6.03 Å². The molecule has 0 saturated carbocycles. The molecule has 1 N–H and O–H groups in total. The van der Waals surface area contributed by atoms with Crippen LogP contribution < -0.4 is 5.32 Å². The van der Waals surface area contributed by atoms with Crippen molar-refractivity contribution >= 4 is 34.9 Å². The molecule has 0 bridgehead atoms. The zero-order valence-electron chi connectivity index (χ0n) is 8.97. The molecule has 2 rings (SSSR count). The zero-order valence-corrected chi connectivity index (χ0v) is 10.5. The molecule has 1 aliphatic heterocycles. The molecule has 0 spiro atoms. The summed E-state index contributed by atoms with van der Waals surface area (Å²) in [7, 11) is 0. The second kappa shape index (κ2) is 5.10. The van der Waals surface area contributed by atoms with E-state index in [2.05, 4.69) is 5.32 Å². The first-order valence-corrected chi connectivity index (χ1v) is 6.04. The van der Waals surface area contributed by atoms with Crippen molar-refractivity contribution in [1.82, 2.24) is 4.90 Å². The lowest BCUT2D eigenvalue weighted by Crippen LogP contribution is -2.32. The van der Waals surface area contributed by atoms with Gasteiger partial charge in [0, 0.05) is 13.1 Å². The number of rotatable bonds is 1. The number of hydrogen-bond donors (Lipinski definition) is 1. The smallest absolute Gasteiger partial charge is 0.321 e. The predicted octanol–water partition coefficient (Wildman–Crippen LogP) is 3.76. The number of nitrogens with zero attached hydrogens (tertiary/aromatic N) is 1. The first-order valence-electron chi connectivity index (χ1n) is 5.28. The quantitative estimate of drug-likeness (QED) is 0.779. The van der Waals surface area contributed by atoms with Crippen LogP contribution in [0.5, 0.6) is 0 Å². The molecule has 2 amide bonds. The van der Waals surface area contributed by atoms with Crippen LogP contribution in [0.25, 0.3) is 0 Å². The van der Waals surface area contributed by atoms with Crippen molar-refractivity contribution in [3.63, 3.8) is 0 Å². The molecule has 1 heterocycles. The standard InChI is InChI=1S/C11H11Cl2FN2O/c12-7-5-9(14)10(6-8(7)13)15-11(17)16-3-1-2-4-16/h5-6H,1-4H2,(H,15,17). The van der Waals surface area contributed by atoms with Crippen LogP contribution in [0.2, 0.25) is 10.0 Å². The van der Waals surface area contributed by atoms with E-state index in [0.29, 0.717) is 13.1 Å². The van der Waals surface area contributed by atoms with E-state index >= 15 is 0 Å². The van der Waals surface area contributed by atoms with E-state index in [1.54, 1.807) is 4.90 Å². The Morgan fingerprint density at radius 3 is 2.47 bits per heavy atom. The summed E-state index contributed by atoms with van der Waals surface area (Å²) in [6.45, 7) is 1.41. The molecule has 3 nitrogen and oxygen atoms in total. The molecule has 92 valence electrons. The van der Waals surface area contributed by atoms with Crippen LogP contribution in [0.15, 0.2) is 12.1 Å². The molecular weight excluding hydrogens is 266 g/mol. The highest BCUT2D eigenvalue weighted by Crippen LogP contribution is 2.28. The Morgan fingerprint density at radius 1 is 1.24 bits per heavy atom. The van der Waals surface area contributed by atoms with Gasteiger partial charge < -0.3 is 10.2 Å². The fraction of sp³-hybridized carbons (Fsp3) is 0.364. The molecule has 1 aromatic carbocycles. The number of likely N-dealkylation sites (tertiary alicyclic amines) is 1. The van der Waals surface area contributed by atoms with Gasteiger partial charge in [0.1, 0.15) is 5.82 Å². The third-order valence-electron chi connectivity index (χ3n) is 2.64. The average molecular weight is 277 g/mol. The molecule has 1 aromatic rings. The molecule has 0 atom stereocenters. The Hall–Kier alpha value is -1.00. The second-order valence-corrected chi connectivity index (χ2v) is 4.68. The Bertz CT molecular complexity index is 447. The average Bonchev–Trinajstić information content (AvgIpc) is 2.79. The highest BCUT2D eigenvalue weighted by Gasteiger charge is 2.19. The number of amides is 2. The zero-order chi connectivity index (χ0) is 12.4. The molecular formula is C11H11Cl2FN2O. The number of carbonyl (C=O) groups is 1. The van der Waals surface area contributed by atoms with Gasteiger partial charge in [-0.3, -0.25) is 0 Å². The minimum atomic E-state index is -0.591. The van der Waals surface area contributed by atoms with Crippen molar-refractivity contribution in [2.75, 3.05) is 18.4 Å². The first kappa shape index (κ1) is 12.5. The van der Waals surface area contributed by atoms with E-state index in [0.717, 1.165) is 18.9 Å². The number of nitrogens with one attached hydrogen (secondary N) is 1. The number of carbonyl (C=O) groups excluding carboxylic acids is 1. The lowest BCUT2D eigenvalue weighted by molar-refractivity contribution is 0.222. The van der Waals surface area contributed by atoms with E-state index in [9.17, 15) is 9.18 Å². The van der Waals surface area contributed by atoms with E-state index < -0.39 is 5.82 Å². The predicted molar refractivity (Wildman–Crippen MR) is 66.2 cm³/mol. The number of hydrogen-bond acceptors (Lipinski definition) is 1. The number of benzene rings is 1. The topological polar surface area (TPSA) is 32.3 Å². The van der Waals surface area contributed by atoms with Crippen molar-refractivity contribution in [1.29, 1.82) is 0 Å². The van der Waals surface area contributed by atoms with E-state index in [-0.39, 0.29) is 21.8 Å². The highest BCUT2D eigenvalue weighted by atomic mass is 35.5. The third-order valence-corrected chi connectivity index (χ3v) is 3.37. The maximum absolute atomic E-state index is 13.5. The van der Waals surface area contributed by atoms with E-state index in [1.807, 2.05) is 0 Å². The Kier molecular flexibility index (Phi) is 3.74. The molecule has 6 heteroatoms. The van der Waals surface area contributed by atoms with Gasteiger partial charge in [-0.15, -0.1) is 0 Å². The normalized spacial score (nSPS) is 15.1. The van der Waals surface area contributed by atoms with Gasteiger partial charge in [-0.05, 0) is 25.0 Å². The summed E-state index contributed by atoms with van der Waals surface area (Å²) < 4.78 is 13.5. The molecule has 0 radical (unpaired) electrons. The van der Waals surface area contributed by atoms with Crippen LogP contribution in [0, 0.1) is 5.82 Å². The minimum Gasteiger partial charge on any atom is -0.325 e. The summed E-state index contributed by atoms with van der Waals surface area (Å²) >= 11 is 11.4. The van der Waals surface area contributed by atoms with Gasteiger partial charge in [-0.1, -0.05) is 23.2 Å². The Balaban J connectivity index is 2.12. The summed E-state index contributed by atoms with van der Waals surface area (Å²) in [4.78, 5) is 13.4. The number of halogens is 3. The molecule has 0 aliphatic carbocycles. The van der Waals surface area contributed by atoms with Crippen LogP contribution >= 0.6 is 23.2 Å².